The van der Waals surface area contributed by atoms with Crippen molar-refractivity contribution < 1.29 is 9.59 Å². The second-order valence-corrected chi connectivity index (χ2v) is 4.18. The quantitative estimate of drug-likeness (QED) is 0.496. The van der Waals surface area contributed by atoms with Crippen LogP contribution in [0.4, 0.5) is 5.82 Å². The number of nitrogens with one attached hydrogen (secondary N) is 1. The summed E-state index contributed by atoms with van der Waals surface area (Å²) in [6.45, 7) is 3.19. The number of pyridine rings is 1. The van der Waals surface area contributed by atoms with Gasteiger partial charge in [-0.1, -0.05) is 6.07 Å². The molecule has 1 N–H and O–H groups in total. The van der Waals surface area contributed by atoms with Gasteiger partial charge in [-0.3, -0.25) is 9.59 Å². The maximum absolute atomic E-state index is 11.9. The number of carbonyl (C=O) groups is 2. The molecule has 0 aliphatic carbocycles. The molecule has 1 aromatic heterocycles. The minimum absolute atomic E-state index is 0.100. The molecule has 5 nitrogen and oxygen atoms in total. The van der Waals surface area contributed by atoms with Crippen molar-refractivity contribution in [3.63, 3.8) is 0 Å². The number of anilines is 1. The van der Waals surface area contributed by atoms with Gasteiger partial charge in [0.25, 0.3) is 5.91 Å². The van der Waals surface area contributed by atoms with Gasteiger partial charge < -0.3 is 10.2 Å². The van der Waals surface area contributed by atoms with Crippen LogP contribution in [0.25, 0.3) is 0 Å². The van der Waals surface area contributed by atoms with E-state index in [9.17, 15) is 9.59 Å². The molecule has 0 radical (unpaired) electrons. The first kappa shape index (κ1) is 13.9. The SMILES string of the molecule is CC(=O)/C(=C\N(C)C)C(=O)Nc1cccc(C)n1. The first-order valence-electron chi connectivity index (χ1n) is 5.54. The van der Waals surface area contributed by atoms with E-state index in [0.29, 0.717) is 5.82 Å². The van der Waals surface area contributed by atoms with Crippen LogP contribution < -0.4 is 5.32 Å². The van der Waals surface area contributed by atoms with E-state index in [4.69, 9.17) is 0 Å². The van der Waals surface area contributed by atoms with Gasteiger partial charge in [-0.25, -0.2) is 4.98 Å². The number of carbonyl (C=O) groups excluding carboxylic acids is 2. The molecule has 0 atom stereocenters. The number of hydrogen-bond acceptors (Lipinski definition) is 4. The molecule has 18 heavy (non-hydrogen) atoms. The molecule has 1 amide bonds. The number of nitrogens with zero attached hydrogens (tertiary/aromatic N) is 2. The third kappa shape index (κ3) is 4.01. The fourth-order valence-corrected chi connectivity index (χ4v) is 1.36. The summed E-state index contributed by atoms with van der Waals surface area (Å²) >= 11 is 0. The van der Waals surface area contributed by atoms with Crippen molar-refractivity contribution in [2.24, 2.45) is 0 Å². The Labute approximate surface area is 107 Å². The van der Waals surface area contributed by atoms with Crippen molar-refractivity contribution in [3.05, 3.63) is 35.7 Å². The lowest BCUT2D eigenvalue weighted by molar-refractivity contribution is -0.119. The minimum Gasteiger partial charge on any atom is -0.383 e. The van der Waals surface area contributed by atoms with Crippen LogP contribution in [0.15, 0.2) is 30.0 Å². The van der Waals surface area contributed by atoms with Gasteiger partial charge in [-0.2, -0.15) is 0 Å². The summed E-state index contributed by atoms with van der Waals surface area (Å²) < 4.78 is 0. The maximum atomic E-state index is 11.9. The lowest BCUT2D eigenvalue weighted by Gasteiger charge is -2.10. The van der Waals surface area contributed by atoms with E-state index in [1.165, 1.54) is 13.1 Å². The Bertz CT molecular complexity index is 493. The number of aromatic nitrogens is 1. The van der Waals surface area contributed by atoms with Crippen molar-refractivity contribution in [2.75, 3.05) is 19.4 Å². The second kappa shape index (κ2) is 5.95. The van der Waals surface area contributed by atoms with Crippen LogP contribution in [0.2, 0.25) is 0 Å². The highest BCUT2D eigenvalue weighted by Gasteiger charge is 2.15. The monoisotopic (exact) mass is 247 g/mol. The first-order valence-corrected chi connectivity index (χ1v) is 5.54. The number of Topliss-reactive ketones (excluding diaryl/α,β-unsaturated/α-hetero) is 1. The highest BCUT2D eigenvalue weighted by Crippen LogP contribution is 2.07. The normalized spacial score (nSPS) is 11.0. The van der Waals surface area contributed by atoms with E-state index in [1.54, 1.807) is 31.1 Å². The number of ketones is 1. The molecule has 5 heteroatoms. The van der Waals surface area contributed by atoms with E-state index < -0.39 is 5.91 Å². The lowest BCUT2D eigenvalue weighted by atomic mass is 10.2. The average molecular weight is 247 g/mol. The molecule has 0 aromatic carbocycles. The Hall–Kier alpha value is -2.17. The van der Waals surface area contributed by atoms with Crippen LogP contribution in [0.1, 0.15) is 12.6 Å². The third-order valence-electron chi connectivity index (χ3n) is 2.14. The van der Waals surface area contributed by atoms with Crippen molar-refractivity contribution >= 4 is 17.5 Å². The standard InChI is InChI=1S/C13H17N3O2/c1-9-6-5-7-12(14-9)15-13(18)11(10(2)17)8-16(3)4/h5-8H,1-4H3,(H,14,15,18)/b11-8+. The summed E-state index contributed by atoms with van der Waals surface area (Å²) in [6, 6.07) is 5.30. The molecule has 0 saturated heterocycles. The molecular formula is C13H17N3O2. The average Bonchev–Trinajstić information content (AvgIpc) is 2.25. The molecule has 0 spiro atoms. The van der Waals surface area contributed by atoms with Crippen LogP contribution in [0.5, 0.6) is 0 Å². The second-order valence-electron chi connectivity index (χ2n) is 4.18. The largest absolute Gasteiger partial charge is 0.383 e. The van der Waals surface area contributed by atoms with Crippen molar-refractivity contribution in [3.8, 4) is 0 Å². The van der Waals surface area contributed by atoms with Crippen LogP contribution in [-0.2, 0) is 9.59 Å². The Balaban J connectivity index is 2.89. The zero-order valence-corrected chi connectivity index (χ0v) is 11.0. The Morgan fingerprint density at radius 2 is 2.00 bits per heavy atom. The molecule has 0 aliphatic heterocycles. The minimum atomic E-state index is -0.450. The van der Waals surface area contributed by atoms with Gasteiger partial charge in [0.05, 0.1) is 5.57 Å². The zero-order chi connectivity index (χ0) is 13.7. The van der Waals surface area contributed by atoms with Gasteiger partial charge in [-0.15, -0.1) is 0 Å². The summed E-state index contributed by atoms with van der Waals surface area (Å²) in [4.78, 5) is 29.1. The van der Waals surface area contributed by atoms with Crippen LogP contribution in [0.3, 0.4) is 0 Å². The van der Waals surface area contributed by atoms with E-state index in [-0.39, 0.29) is 11.4 Å². The summed E-state index contributed by atoms with van der Waals surface area (Å²) in [7, 11) is 3.50. The first-order chi connectivity index (χ1) is 8.40. The molecule has 1 heterocycles. The number of hydrogen-bond donors (Lipinski definition) is 1. The van der Waals surface area contributed by atoms with Crippen LogP contribution >= 0.6 is 0 Å². The van der Waals surface area contributed by atoms with Gasteiger partial charge in [0.1, 0.15) is 5.82 Å². The molecule has 0 fully saturated rings. The molecule has 1 aromatic rings. The maximum Gasteiger partial charge on any atom is 0.261 e. The lowest BCUT2D eigenvalue weighted by Crippen LogP contribution is -2.22. The predicted molar refractivity (Wildman–Crippen MR) is 70.1 cm³/mol. The van der Waals surface area contributed by atoms with E-state index in [2.05, 4.69) is 10.3 Å². The van der Waals surface area contributed by atoms with Crippen LogP contribution in [0, 0.1) is 6.92 Å². The van der Waals surface area contributed by atoms with Crippen molar-refractivity contribution in [1.29, 1.82) is 0 Å². The number of amides is 1. The van der Waals surface area contributed by atoms with Gasteiger partial charge in [0, 0.05) is 26.0 Å². The third-order valence-corrected chi connectivity index (χ3v) is 2.14. The van der Waals surface area contributed by atoms with Gasteiger partial charge in [-0.05, 0) is 26.0 Å². The predicted octanol–water partition coefficient (Wildman–Crippen LogP) is 1.36. The molecule has 0 aliphatic rings. The Morgan fingerprint density at radius 3 is 2.50 bits per heavy atom. The molecule has 0 unspecified atom stereocenters. The molecule has 0 bridgehead atoms. The number of rotatable bonds is 4. The Morgan fingerprint density at radius 1 is 1.33 bits per heavy atom. The van der Waals surface area contributed by atoms with Crippen molar-refractivity contribution in [2.45, 2.75) is 13.8 Å². The fraction of sp³-hybridized carbons (Fsp3) is 0.308. The summed E-state index contributed by atoms with van der Waals surface area (Å²) in [5.74, 6) is -0.297. The smallest absolute Gasteiger partial charge is 0.261 e. The van der Waals surface area contributed by atoms with E-state index in [0.717, 1.165) is 5.69 Å². The van der Waals surface area contributed by atoms with E-state index in [1.807, 2.05) is 13.0 Å². The highest BCUT2D eigenvalue weighted by molar-refractivity contribution is 6.22. The fourth-order valence-electron chi connectivity index (χ4n) is 1.36. The zero-order valence-electron chi connectivity index (χ0n) is 11.0. The van der Waals surface area contributed by atoms with E-state index >= 15 is 0 Å². The van der Waals surface area contributed by atoms with Crippen LogP contribution in [-0.4, -0.2) is 35.7 Å². The van der Waals surface area contributed by atoms with Gasteiger partial charge >= 0.3 is 0 Å². The summed E-state index contributed by atoms with van der Waals surface area (Å²) in [5.41, 5.74) is 0.900. The summed E-state index contributed by atoms with van der Waals surface area (Å²) in [6.07, 6.45) is 1.49. The van der Waals surface area contributed by atoms with Gasteiger partial charge in [0.2, 0.25) is 0 Å². The molecule has 96 valence electrons. The molecule has 0 saturated carbocycles. The number of aryl methyl sites for hydroxylation is 1. The topological polar surface area (TPSA) is 62.3 Å². The highest BCUT2D eigenvalue weighted by atomic mass is 16.2. The molecule has 1 rings (SSSR count). The van der Waals surface area contributed by atoms with Gasteiger partial charge in [0.15, 0.2) is 5.78 Å². The molecular weight excluding hydrogens is 230 g/mol. The summed E-state index contributed by atoms with van der Waals surface area (Å²) in [5, 5.41) is 2.60. The van der Waals surface area contributed by atoms with Crippen molar-refractivity contribution in [1.82, 2.24) is 9.88 Å². The Kier molecular flexibility index (Phi) is 4.59.